The largest absolute Gasteiger partial charge is 0.493 e. The highest BCUT2D eigenvalue weighted by Crippen LogP contribution is 2.32. The summed E-state index contributed by atoms with van der Waals surface area (Å²) in [5.74, 6) is 1.26. The Morgan fingerprint density at radius 2 is 1.76 bits per heavy atom. The molecule has 4 rings (SSSR count). The van der Waals surface area contributed by atoms with Crippen LogP contribution in [0, 0.1) is 6.92 Å². The number of benzene rings is 3. The molecule has 1 heterocycles. The molecule has 1 aromatic heterocycles. The van der Waals surface area contributed by atoms with Crippen molar-refractivity contribution in [1.82, 2.24) is 0 Å². The average Bonchev–Trinajstić information content (AvgIpc) is 2.82. The van der Waals surface area contributed by atoms with Gasteiger partial charge in [0.15, 0.2) is 18.1 Å². The summed E-state index contributed by atoms with van der Waals surface area (Å²) in [7, 11) is 1.52. The minimum absolute atomic E-state index is 0.0692. The maximum Gasteiger partial charge on any atom is 0.262 e. The van der Waals surface area contributed by atoms with Crippen molar-refractivity contribution in [1.29, 1.82) is 0 Å². The lowest BCUT2D eigenvalue weighted by molar-refractivity contribution is -0.118. The Labute approximate surface area is 194 Å². The first kappa shape index (κ1) is 22.2. The number of fused-ring (bicyclic) bond motifs is 1. The summed E-state index contributed by atoms with van der Waals surface area (Å²) in [6, 6.07) is 18.6. The molecule has 0 aliphatic rings. The van der Waals surface area contributed by atoms with Crippen molar-refractivity contribution in [2.45, 2.75) is 6.92 Å². The zero-order valence-corrected chi connectivity index (χ0v) is 18.6. The molecule has 0 spiro atoms. The molecule has 7 nitrogen and oxygen atoms in total. The van der Waals surface area contributed by atoms with Crippen LogP contribution in [0.4, 0.5) is 5.69 Å². The molecule has 0 aliphatic heterocycles. The predicted octanol–water partition coefficient (Wildman–Crippen LogP) is 5.57. The summed E-state index contributed by atoms with van der Waals surface area (Å²) in [5.41, 5.74) is 0.479. The number of para-hydroxylation sites is 3. The van der Waals surface area contributed by atoms with E-state index in [1.54, 1.807) is 73.7 Å². The number of amides is 1. The van der Waals surface area contributed by atoms with E-state index in [0.29, 0.717) is 44.7 Å². The van der Waals surface area contributed by atoms with Crippen LogP contribution in [0.1, 0.15) is 5.76 Å². The topological polar surface area (TPSA) is 87.0 Å². The number of nitrogens with one attached hydrogen (secondary N) is 1. The third-order valence-corrected chi connectivity index (χ3v) is 5.12. The van der Waals surface area contributed by atoms with Gasteiger partial charge >= 0.3 is 0 Å². The Morgan fingerprint density at radius 1 is 1.03 bits per heavy atom. The van der Waals surface area contributed by atoms with Crippen LogP contribution >= 0.6 is 11.6 Å². The number of carbonyl (C=O) groups excluding carboxylic acids is 1. The monoisotopic (exact) mass is 465 g/mol. The van der Waals surface area contributed by atoms with Crippen LogP contribution in [0.2, 0.25) is 5.02 Å². The number of halogens is 1. The SMILES string of the molecule is COc1ccccc1Oc1c(C)oc2cc(OCC(=O)Nc3ccccc3Cl)ccc2c1=O. The second-order valence-electron chi connectivity index (χ2n) is 7.04. The van der Waals surface area contributed by atoms with Gasteiger partial charge in [0.25, 0.3) is 5.91 Å². The molecule has 4 aromatic rings. The zero-order valence-electron chi connectivity index (χ0n) is 17.9. The van der Waals surface area contributed by atoms with Crippen molar-refractivity contribution in [3.05, 3.63) is 87.7 Å². The van der Waals surface area contributed by atoms with Crippen LogP contribution in [0.3, 0.4) is 0 Å². The molecule has 1 amide bonds. The molecule has 0 saturated heterocycles. The molecular formula is C25H20ClNO6. The van der Waals surface area contributed by atoms with Crippen molar-refractivity contribution >= 4 is 34.2 Å². The van der Waals surface area contributed by atoms with Crippen molar-refractivity contribution in [3.8, 4) is 23.0 Å². The van der Waals surface area contributed by atoms with E-state index < -0.39 is 0 Å². The van der Waals surface area contributed by atoms with E-state index in [9.17, 15) is 9.59 Å². The van der Waals surface area contributed by atoms with Gasteiger partial charge in [-0.3, -0.25) is 9.59 Å². The van der Waals surface area contributed by atoms with E-state index in [2.05, 4.69) is 5.32 Å². The Kier molecular flexibility index (Phi) is 6.51. The lowest BCUT2D eigenvalue weighted by Crippen LogP contribution is -2.20. The van der Waals surface area contributed by atoms with Crippen LogP contribution < -0.4 is 25.0 Å². The van der Waals surface area contributed by atoms with Crippen molar-refractivity contribution in [2.24, 2.45) is 0 Å². The number of aryl methyl sites for hydroxylation is 1. The van der Waals surface area contributed by atoms with Gasteiger partial charge in [-0.15, -0.1) is 0 Å². The van der Waals surface area contributed by atoms with Gasteiger partial charge in [0.2, 0.25) is 11.2 Å². The number of rotatable bonds is 7. The fourth-order valence-electron chi connectivity index (χ4n) is 3.19. The third kappa shape index (κ3) is 4.94. The molecule has 0 bridgehead atoms. The summed E-state index contributed by atoms with van der Waals surface area (Å²) >= 11 is 6.05. The summed E-state index contributed by atoms with van der Waals surface area (Å²) in [4.78, 5) is 25.2. The Bertz CT molecular complexity index is 1380. The highest BCUT2D eigenvalue weighted by atomic mass is 35.5. The lowest BCUT2D eigenvalue weighted by atomic mass is 10.2. The molecule has 8 heteroatoms. The molecule has 3 aromatic carbocycles. The van der Waals surface area contributed by atoms with Crippen LogP contribution in [-0.2, 0) is 4.79 Å². The zero-order chi connectivity index (χ0) is 23.4. The Morgan fingerprint density at radius 3 is 2.52 bits per heavy atom. The number of carbonyl (C=O) groups is 1. The van der Waals surface area contributed by atoms with E-state index in [0.717, 1.165) is 0 Å². The summed E-state index contributed by atoms with van der Waals surface area (Å²) in [6.45, 7) is 1.39. The Balaban J connectivity index is 1.52. The minimum Gasteiger partial charge on any atom is -0.493 e. The van der Waals surface area contributed by atoms with Gasteiger partial charge < -0.3 is 23.9 Å². The van der Waals surface area contributed by atoms with Crippen LogP contribution in [0.25, 0.3) is 11.0 Å². The van der Waals surface area contributed by atoms with E-state index in [1.807, 2.05) is 0 Å². The summed E-state index contributed by atoms with van der Waals surface area (Å²) in [5, 5.41) is 3.43. The van der Waals surface area contributed by atoms with Gasteiger partial charge in [-0.2, -0.15) is 0 Å². The maximum absolute atomic E-state index is 13.0. The number of hydrogen-bond acceptors (Lipinski definition) is 6. The van der Waals surface area contributed by atoms with Crippen molar-refractivity contribution in [3.63, 3.8) is 0 Å². The number of methoxy groups -OCH3 is 1. The molecule has 1 N–H and O–H groups in total. The summed E-state index contributed by atoms with van der Waals surface area (Å²) < 4.78 is 22.5. The van der Waals surface area contributed by atoms with Gasteiger partial charge in [-0.05, 0) is 43.3 Å². The maximum atomic E-state index is 13.0. The third-order valence-electron chi connectivity index (χ3n) is 4.79. The molecule has 0 fully saturated rings. The van der Waals surface area contributed by atoms with Crippen LogP contribution in [0.15, 0.2) is 75.9 Å². The first-order valence-corrected chi connectivity index (χ1v) is 10.4. The van der Waals surface area contributed by atoms with Crippen molar-refractivity contribution < 1.29 is 23.4 Å². The number of anilines is 1. The normalized spacial score (nSPS) is 10.6. The molecule has 0 atom stereocenters. The first-order valence-electron chi connectivity index (χ1n) is 10.0. The Hall–Kier alpha value is -3.97. The quantitative estimate of drug-likeness (QED) is 0.383. The van der Waals surface area contributed by atoms with Crippen molar-refractivity contribution in [2.75, 3.05) is 19.0 Å². The van der Waals surface area contributed by atoms with E-state index in [1.165, 1.54) is 7.11 Å². The van der Waals surface area contributed by atoms with Gasteiger partial charge in [0.1, 0.15) is 17.1 Å². The van der Waals surface area contributed by atoms with E-state index in [-0.39, 0.29) is 23.7 Å². The minimum atomic E-state index is -0.374. The second-order valence-corrected chi connectivity index (χ2v) is 7.45. The van der Waals surface area contributed by atoms with Gasteiger partial charge in [-0.25, -0.2) is 0 Å². The van der Waals surface area contributed by atoms with Gasteiger partial charge in [0.05, 0.1) is 23.2 Å². The molecule has 168 valence electrons. The highest BCUT2D eigenvalue weighted by Gasteiger charge is 2.16. The van der Waals surface area contributed by atoms with Gasteiger partial charge in [0, 0.05) is 6.07 Å². The summed E-state index contributed by atoms with van der Waals surface area (Å²) in [6.07, 6.45) is 0. The predicted molar refractivity (Wildman–Crippen MR) is 126 cm³/mol. The van der Waals surface area contributed by atoms with E-state index in [4.69, 9.17) is 30.2 Å². The van der Waals surface area contributed by atoms with Crippen LogP contribution in [0.5, 0.6) is 23.0 Å². The first-order chi connectivity index (χ1) is 16.0. The molecule has 33 heavy (non-hydrogen) atoms. The van der Waals surface area contributed by atoms with E-state index >= 15 is 0 Å². The highest BCUT2D eigenvalue weighted by molar-refractivity contribution is 6.33. The van der Waals surface area contributed by atoms with Crippen LogP contribution in [-0.4, -0.2) is 19.6 Å². The molecule has 0 unspecified atom stereocenters. The molecule has 0 radical (unpaired) electrons. The molecule has 0 saturated carbocycles. The second kappa shape index (κ2) is 9.67. The number of ether oxygens (including phenoxy) is 3. The molecule has 0 aliphatic carbocycles. The standard InChI is InChI=1S/C25H20ClNO6/c1-15-25(33-21-10-6-5-9-20(21)30-2)24(29)17-12-11-16(13-22(17)32-15)31-14-23(28)27-19-8-4-3-7-18(19)26/h3-13H,14H2,1-2H3,(H,27,28). The fourth-order valence-corrected chi connectivity index (χ4v) is 3.37. The smallest absolute Gasteiger partial charge is 0.262 e. The fraction of sp³-hybridized carbons (Fsp3) is 0.120. The average molecular weight is 466 g/mol. The van der Waals surface area contributed by atoms with Gasteiger partial charge in [-0.1, -0.05) is 35.9 Å². The lowest BCUT2D eigenvalue weighted by Gasteiger charge is -2.12. The molecular weight excluding hydrogens is 446 g/mol. The number of hydrogen-bond donors (Lipinski definition) is 1.